The maximum atomic E-state index is 12.6. The minimum absolute atomic E-state index is 0.222. The normalized spacial score (nSPS) is 13.4. The summed E-state index contributed by atoms with van der Waals surface area (Å²) < 4.78 is 12.0. The van der Waals surface area contributed by atoms with Crippen LogP contribution in [0.4, 0.5) is 0 Å². The van der Waals surface area contributed by atoms with E-state index in [0.29, 0.717) is 11.1 Å². The molecule has 2 unspecified atom stereocenters. The molecule has 0 spiro atoms. The number of furan rings is 1. The van der Waals surface area contributed by atoms with E-state index in [1.807, 2.05) is 39.8 Å². The van der Waals surface area contributed by atoms with Crippen LogP contribution in [0.3, 0.4) is 0 Å². The van der Waals surface area contributed by atoms with Gasteiger partial charge in [0, 0.05) is 23.9 Å². The van der Waals surface area contributed by atoms with Crippen LogP contribution in [0.5, 0.6) is 5.75 Å². The highest BCUT2D eigenvalue weighted by Crippen LogP contribution is 2.32. The van der Waals surface area contributed by atoms with Crippen molar-refractivity contribution in [1.82, 2.24) is 4.90 Å². The van der Waals surface area contributed by atoms with Gasteiger partial charge in [-0.1, -0.05) is 39.8 Å². The third-order valence-electron chi connectivity index (χ3n) is 6.81. The number of likely N-dealkylation sites (N-methyl/N-ethyl adjacent to an activating group) is 1. The molecule has 7 nitrogen and oxygen atoms in total. The Labute approximate surface area is 219 Å². The van der Waals surface area contributed by atoms with Crippen LogP contribution in [-0.4, -0.2) is 53.3 Å². The molecule has 1 heterocycles. The van der Waals surface area contributed by atoms with E-state index in [1.165, 1.54) is 17.5 Å². The standard InChI is InChI=1S/C30H39NO6/c1-7-21(10-8-20-9-12-24(19(2)14-20)36-18-27(32)30(3,4)5)26-16-23-15-22(11-13-25(23)37-26)29(35)31(6)17-28(33)34/h9,11-16,21,27,32H,7-8,10,17-18H2,1-6H3,(H,33,34). The SMILES string of the molecule is CCC(CCc1ccc(OCC(O)C(C)(C)C)c(C)c1)c1cc2cc(C(=O)N(C)CC(=O)O)ccc2o1. The van der Waals surface area contributed by atoms with Crippen molar-refractivity contribution in [1.29, 1.82) is 0 Å². The molecule has 0 aliphatic rings. The quantitative estimate of drug-likeness (QED) is 0.338. The van der Waals surface area contributed by atoms with E-state index in [-0.39, 0.29) is 30.4 Å². The van der Waals surface area contributed by atoms with Gasteiger partial charge in [0.05, 0.1) is 6.10 Å². The molecule has 0 saturated heterocycles. The molecule has 0 radical (unpaired) electrons. The predicted octanol–water partition coefficient (Wildman–Crippen LogP) is 5.81. The molecule has 1 aromatic heterocycles. The van der Waals surface area contributed by atoms with Gasteiger partial charge in [-0.25, -0.2) is 0 Å². The van der Waals surface area contributed by atoms with Gasteiger partial charge in [0.2, 0.25) is 0 Å². The van der Waals surface area contributed by atoms with Crippen LogP contribution in [0, 0.1) is 12.3 Å². The molecule has 37 heavy (non-hydrogen) atoms. The smallest absolute Gasteiger partial charge is 0.323 e. The Balaban J connectivity index is 1.66. The summed E-state index contributed by atoms with van der Waals surface area (Å²) in [6.07, 6.45) is 2.16. The van der Waals surface area contributed by atoms with E-state index >= 15 is 0 Å². The molecule has 2 N–H and O–H groups in total. The highest BCUT2D eigenvalue weighted by molar-refractivity contribution is 5.98. The van der Waals surface area contributed by atoms with Crippen LogP contribution in [0.2, 0.25) is 0 Å². The van der Waals surface area contributed by atoms with Crippen LogP contribution in [0.25, 0.3) is 11.0 Å². The molecular weight excluding hydrogens is 470 g/mol. The molecule has 1 amide bonds. The first-order valence-corrected chi connectivity index (χ1v) is 12.8. The molecule has 200 valence electrons. The Morgan fingerprint density at radius 3 is 2.46 bits per heavy atom. The van der Waals surface area contributed by atoms with E-state index in [4.69, 9.17) is 14.3 Å². The lowest BCUT2D eigenvalue weighted by atomic mass is 9.90. The maximum absolute atomic E-state index is 12.6. The van der Waals surface area contributed by atoms with Crippen molar-refractivity contribution in [2.45, 2.75) is 65.9 Å². The first-order chi connectivity index (χ1) is 17.4. The Morgan fingerprint density at radius 2 is 1.84 bits per heavy atom. The van der Waals surface area contributed by atoms with Gasteiger partial charge in [-0.3, -0.25) is 9.59 Å². The van der Waals surface area contributed by atoms with Crippen LogP contribution in [0.15, 0.2) is 46.9 Å². The summed E-state index contributed by atoms with van der Waals surface area (Å²) in [4.78, 5) is 24.7. The molecule has 0 saturated carbocycles. The second-order valence-electron chi connectivity index (χ2n) is 10.9. The number of carboxylic acids is 1. The van der Waals surface area contributed by atoms with Gasteiger partial charge in [-0.05, 0) is 73.1 Å². The fourth-order valence-electron chi connectivity index (χ4n) is 4.23. The first-order valence-electron chi connectivity index (χ1n) is 12.8. The number of carbonyl (C=O) groups is 2. The second-order valence-corrected chi connectivity index (χ2v) is 10.9. The van der Waals surface area contributed by atoms with Crippen molar-refractivity contribution < 1.29 is 29.0 Å². The summed E-state index contributed by atoms with van der Waals surface area (Å²) >= 11 is 0. The van der Waals surface area contributed by atoms with Crippen LogP contribution < -0.4 is 4.74 Å². The number of carboxylic acid groups (broad SMARTS) is 1. The summed E-state index contributed by atoms with van der Waals surface area (Å²) in [7, 11) is 1.48. The Hall–Kier alpha value is -3.32. The molecule has 3 rings (SSSR count). The number of carbonyl (C=O) groups excluding carboxylic acids is 1. The zero-order valence-electron chi connectivity index (χ0n) is 22.7. The minimum Gasteiger partial charge on any atom is -0.491 e. The number of ether oxygens (including phenoxy) is 1. The van der Waals surface area contributed by atoms with Crippen molar-refractivity contribution in [3.63, 3.8) is 0 Å². The number of fused-ring (bicyclic) bond motifs is 1. The van der Waals surface area contributed by atoms with Crippen molar-refractivity contribution in [2.24, 2.45) is 5.41 Å². The number of rotatable bonds is 11. The Morgan fingerprint density at radius 1 is 1.11 bits per heavy atom. The van der Waals surface area contributed by atoms with Crippen LogP contribution in [0.1, 0.15) is 73.7 Å². The van der Waals surface area contributed by atoms with E-state index in [1.54, 1.807) is 18.2 Å². The summed E-state index contributed by atoms with van der Waals surface area (Å²) in [6.45, 7) is 10.0. The van der Waals surface area contributed by atoms with Gasteiger partial charge >= 0.3 is 5.97 Å². The van der Waals surface area contributed by atoms with Crippen molar-refractivity contribution >= 4 is 22.8 Å². The van der Waals surface area contributed by atoms with Gasteiger partial charge in [-0.2, -0.15) is 0 Å². The van der Waals surface area contributed by atoms with Crippen LogP contribution in [-0.2, 0) is 11.2 Å². The van der Waals surface area contributed by atoms with Crippen molar-refractivity contribution in [2.75, 3.05) is 20.2 Å². The first kappa shape index (κ1) is 28.3. The largest absolute Gasteiger partial charge is 0.491 e. The van der Waals surface area contributed by atoms with E-state index in [2.05, 4.69) is 19.1 Å². The van der Waals surface area contributed by atoms with Gasteiger partial charge in [0.25, 0.3) is 5.91 Å². The number of hydrogen-bond acceptors (Lipinski definition) is 5. The third kappa shape index (κ3) is 7.35. The lowest BCUT2D eigenvalue weighted by Gasteiger charge is -2.26. The fraction of sp³-hybridized carbons (Fsp3) is 0.467. The maximum Gasteiger partial charge on any atom is 0.323 e. The average Bonchev–Trinajstić information content (AvgIpc) is 3.25. The molecule has 3 aromatic rings. The van der Waals surface area contributed by atoms with Gasteiger partial charge in [0.1, 0.15) is 30.2 Å². The Bertz CT molecular complexity index is 1240. The number of aliphatic carboxylic acids is 1. The minimum atomic E-state index is -1.05. The van der Waals surface area contributed by atoms with E-state index in [9.17, 15) is 14.7 Å². The van der Waals surface area contributed by atoms with Gasteiger partial charge < -0.3 is 24.3 Å². The van der Waals surface area contributed by atoms with E-state index in [0.717, 1.165) is 41.7 Å². The number of nitrogens with zero attached hydrogens (tertiary/aromatic N) is 1. The second kappa shape index (κ2) is 11.8. The molecule has 0 aliphatic heterocycles. The zero-order valence-corrected chi connectivity index (χ0v) is 22.7. The monoisotopic (exact) mass is 509 g/mol. The predicted molar refractivity (Wildman–Crippen MR) is 144 cm³/mol. The zero-order chi connectivity index (χ0) is 27.3. The number of aryl methyl sites for hydroxylation is 2. The molecule has 2 aromatic carbocycles. The highest BCUT2D eigenvalue weighted by atomic mass is 16.5. The lowest BCUT2D eigenvalue weighted by molar-refractivity contribution is -0.137. The van der Waals surface area contributed by atoms with Gasteiger partial charge in [-0.15, -0.1) is 0 Å². The lowest BCUT2D eigenvalue weighted by Crippen LogP contribution is -2.32. The number of benzene rings is 2. The summed E-state index contributed by atoms with van der Waals surface area (Å²) in [5.74, 6) is 0.503. The molecule has 0 bridgehead atoms. The number of amides is 1. The summed E-state index contributed by atoms with van der Waals surface area (Å²) in [5, 5.41) is 20.0. The number of aliphatic hydroxyl groups excluding tert-OH is 1. The average molecular weight is 510 g/mol. The molecule has 7 heteroatoms. The van der Waals surface area contributed by atoms with Gasteiger partial charge in [0.15, 0.2) is 0 Å². The molecule has 0 fully saturated rings. The fourth-order valence-corrected chi connectivity index (χ4v) is 4.23. The van der Waals surface area contributed by atoms with Crippen LogP contribution >= 0.6 is 0 Å². The van der Waals surface area contributed by atoms with Crippen molar-refractivity contribution in [3.05, 3.63) is 64.9 Å². The third-order valence-corrected chi connectivity index (χ3v) is 6.81. The van der Waals surface area contributed by atoms with Crippen molar-refractivity contribution in [3.8, 4) is 5.75 Å². The molecule has 2 atom stereocenters. The summed E-state index contributed by atoms with van der Waals surface area (Å²) in [6, 6.07) is 13.4. The van der Waals surface area contributed by atoms with E-state index < -0.39 is 12.1 Å². The molecular formula is C30H39NO6. The topological polar surface area (TPSA) is 100 Å². The Kier molecular flexibility index (Phi) is 9.02. The molecule has 0 aliphatic carbocycles. The highest BCUT2D eigenvalue weighted by Gasteiger charge is 2.23. The number of aliphatic hydroxyl groups is 1. The summed E-state index contributed by atoms with van der Waals surface area (Å²) in [5.41, 5.74) is 3.17. The number of hydrogen-bond donors (Lipinski definition) is 2.